The van der Waals surface area contributed by atoms with Gasteiger partial charge in [0.1, 0.15) is 0 Å². The Morgan fingerprint density at radius 2 is 1.71 bits per heavy atom. The molecule has 1 heterocycles. The number of carbonyl (C=O) groups excluding carboxylic acids is 1. The van der Waals surface area contributed by atoms with Gasteiger partial charge in [0.2, 0.25) is 10.0 Å². The Morgan fingerprint density at radius 3 is 2.43 bits per heavy atom. The fourth-order valence-electron chi connectivity index (χ4n) is 3.37. The number of piperidine rings is 1. The van der Waals surface area contributed by atoms with Gasteiger partial charge in [-0.1, -0.05) is 18.2 Å². The first-order chi connectivity index (χ1) is 13.4. The summed E-state index contributed by atoms with van der Waals surface area (Å²) in [6.45, 7) is 5.46. The maximum Gasteiger partial charge on any atom is 0.255 e. The van der Waals surface area contributed by atoms with Crippen LogP contribution in [-0.4, -0.2) is 33.5 Å². The molecule has 2 N–H and O–H groups in total. The van der Waals surface area contributed by atoms with Gasteiger partial charge in [0.25, 0.3) is 5.91 Å². The summed E-state index contributed by atoms with van der Waals surface area (Å²) >= 11 is 0. The van der Waals surface area contributed by atoms with Gasteiger partial charge in [0.15, 0.2) is 0 Å². The molecule has 0 spiro atoms. The van der Waals surface area contributed by atoms with Gasteiger partial charge in [-0.2, -0.15) is 0 Å². The molecule has 0 aromatic heterocycles. The topological polar surface area (TPSA) is 78.5 Å². The molecule has 150 valence electrons. The number of benzene rings is 2. The zero-order valence-corrected chi connectivity index (χ0v) is 17.1. The van der Waals surface area contributed by atoms with Crippen LogP contribution in [0.5, 0.6) is 0 Å². The van der Waals surface area contributed by atoms with E-state index in [9.17, 15) is 13.2 Å². The summed E-state index contributed by atoms with van der Waals surface area (Å²) < 4.78 is 27.3. The predicted molar refractivity (Wildman–Crippen MR) is 112 cm³/mol. The molecule has 1 saturated heterocycles. The van der Waals surface area contributed by atoms with E-state index in [1.165, 1.54) is 18.6 Å². The first kappa shape index (κ1) is 20.4. The van der Waals surface area contributed by atoms with E-state index < -0.39 is 10.0 Å². The highest BCUT2D eigenvalue weighted by atomic mass is 32.2. The van der Waals surface area contributed by atoms with E-state index >= 15 is 0 Å². The van der Waals surface area contributed by atoms with Gasteiger partial charge in [0, 0.05) is 24.7 Å². The highest BCUT2D eigenvalue weighted by Crippen LogP contribution is 2.28. The second-order valence-electron chi connectivity index (χ2n) is 7.32. The molecule has 2 aromatic carbocycles. The normalized spacial score (nSPS) is 14.9. The predicted octanol–water partition coefficient (Wildman–Crippen LogP) is 3.62. The quantitative estimate of drug-likeness (QED) is 0.775. The van der Waals surface area contributed by atoms with Crippen LogP contribution in [0.15, 0.2) is 53.4 Å². The van der Waals surface area contributed by atoms with Crippen molar-refractivity contribution in [2.45, 2.75) is 44.0 Å². The van der Waals surface area contributed by atoms with Crippen LogP contribution in [0, 0.1) is 0 Å². The van der Waals surface area contributed by atoms with E-state index in [1.807, 2.05) is 24.3 Å². The first-order valence-corrected chi connectivity index (χ1v) is 11.1. The van der Waals surface area contributed by atoms with E-state index in [-0.39, 0.29) is 16.8 Å². The number of anilines is 2. The number of carbonyl (C=O) groups is 1. The van der Waals surface area contributed by atoms with Crippen molar-refractivity contribution < 1.29 is 13.2 Å². The summed E-state index contributed by atoms with van der Waals surface area (Å²) in [6, 6.07) is 13.6. The lowest BCUT2D eigenvalue weighted by molar-refractivity contribution is 0.102. The summed E-state index contributed by atoms with van der Waals surface area (Å²) in [5, 5.41) is 2.95. The molecule has 0 bridgehead atoms. The third-order valence-electron chi connectivity index (χ3n) is 4.65. The van der Waals surface area contributed by atoms with Crippen molar-refractivity contribution in [1.82, 2.24) is 4.72 Å². The van der Waals surface area contributed by atoms with Crippen molar-refractivity contribution in [3.05, 3.63) is 54.1 Å². The van der Waals surface area contributed by atoms with Gasteiger partial charge >= 0.3 is 0 Å². The fourth-order valence-corrected chi connectivity index (χ4v) is 4.66. The maximum atomic E-state index is 12.8. The van der Waals surface area contributed by atoms with Crippen LogP contribution in [-0.2, 0) is 10.0 Å². The number of hydrogen-bond donors (Lipinski definition) is 2. The molecule has 6 nitrogen and oxygen atoms in total. The van der Waals surface area contributed by atoms with Crippen LogP contribution in [0.25, 0.3) is 0 Å². The molecule has 0 atom stereocenters. The third kappa shape index (κ3) is 4.91. The molecule has 0 unspecified atom stereocenters. The van der Waals surface area contributed by atoms with Crippen molar-refractivity contribution in [2.24, 2.45) is 0 Å². The van der Waals surface area contributed by atoms with E-state index in [2.05, 4.69) is 14.9 Å². The SMILES string of the molecule is CC(C)NS(=O)(=O)c1cccc(C(=O)Nc2ccccc2N2CCCCC2)c1. The Morgan fingerprint density at radius 1 is 1.00 bits per heavy atom. The minimum atomic E-state index is -3.65. The van der Waals surface area contributed by atoms with Crippen LogP contribution in [0.3, 0.4) is 0 Å². The van der Waals surface area contributed by atoms with Crippen LogP contribution < -0.4 is 14.9 Å². The van der Waals surface area contributed by atoms with Crippen LogP contribution in [0.4, 0.5) is 11.4 Å². The summed E-state index contributed by atoms with van der Waals surface area (Å²) in [4.78, 5) is 15.2. The lowest BCUT2D eigenvalue weighted by atomic mass is 10.1. The molecular weight excluding hydrogens is 374 g/mol. The van der Waals surface area contributed by atoms with Gasteiger partial charge in [-0.3, -0.25) is 4.79 Å². The highest BCUT2D eigenvalue weighted by molar-refractivity contribution is 7.89. The second-order valence-corrected chi connectivity index (χ2v) is 9.04. The van der Waals surface area contributed by atoms with Crippen molar-refractivity contribution in [3.8, 4) is 0 Å². The lowest BCUT2D eigenvalue weighted by Gasteiger charge is -2.30. The van der Waals surface area contributed by atoms with E-state index in [0.717, 1.165) is 37.3 Å². The lowest BCUT2D eigenvalue weighted by Crippen LogP contribution is -2.31. The van der Waals surface area contributed by atoms with Gasteiger partial charge in [-0.15, -0.1) is 0 Å². The van der Waals surface area contributed by atoms with Gasteiger partial charge in [-0.25, -0.2) is 13.1 Å². The number of para-hydroxylation sites is 2. The smallest absolute Gasteiger partial charge is 0.255 e. The molecule has 0 radical (unpaired) electrons. The summed E-state index contributed by atoms with van der Waals surface area (Å²) in [5.41, 5.74) is 2.05. The molecule has 2 aromatic rings. The molecule has 7 heteroatoms. The molecule has 3 rings (SSSR count). The average molecular weight is 402 g/mol. The first-order valence-electron chi connectivity index (χ1n) is 9.64. The van der Waals surface area contributed by atoms with E-state index in [4.69, 9.17) is 0 Å². The highest BCUT2D eigenvalue weighted by Gasteiger charge is 2.19. The Labute approximate surface area is 167 Å². The number of nitrogens with zero attached hydrogens (tertiary/aromatic N) is 1. The minimum absolute atomic E-state index is 0.0816. The summed E-state index contributed by atoms with van der Waals surface area (Å²) in [5.74, 6) is -0.328. The zero-order valence-electron chi connectivity index (χ0n) is 16.3. The Bertz CT molecular complexity index is 935. The standard InChI is InChI=1S/C21H27N3O3S/c1-16(2)23-28(26,27)18-10-8-9-17(15-18)21(25)22-19-11-4-5-12-20(19)24-13-6-3-7-14-24/h4-5,8-12,15-16,23H,3,6-7,13-14H2,1-2H3,(H,22,25). The van der Waals surface area contributed by atoms with Crippen molar-refractivity contribution >= 4 is 27.3 Å². The Kier molecular flexibility index (Phi) is 6.36. The number of amides is 1. The van der Waals surface area contributed by atoms with Gasteiger partial charge < -0.3 is 10.2 Å². The van der Waals surface area contributed by atoms with Crippen molar-refractivity contribution in [3.63, 3.8) is 0 Å². The van der Waals surface area contributed by atoms with Crippen LogP contribution in [0.1, 0.15) is 43.5 Å². The third-order valence-corrected chi connectivity index (χ3v) is 6.30. The summed E-state index contributed by atoms with van der Waals surface area (Å²) in [6.07, 6.45) is 3.52. The molecule has 1 amide bonds. The number of nitrogens with one attached hydrogen (secondary N) is 2. The number of hydrogen-bond acceptors (Lipinski definition) is 4. The molecule has 1 aliphatic heterocycles. The Balaban J connectivity index is 1.82. The summed E-state index contributed by atoms with van der Waals surface area (Å²) in [7, 11) is -3.65. The Hall–Kier alpha value is -2.38. The monoisotopic (exact) mass is 401 g/mol. The van der Waals surface area contributed by atoms with Crippen molar-refractivity contribution in [2.75, 3.05) is 23.3 Å². The molecule has 0 aliphatic carbocycles. The maximum absolute atomic E-state index is 12.8. The molecular formula is C21H27N3O3S. The molecule has 1 fully saturated rings. The number of rotatable bonds is 6. The molecule has 28 heavy (non-hydrogen) atoms. The molecule has 0 saturated carbocycles. The van der Waals surface area contributed by atoms with Gasteiger partial charge in [0.05, 0.1) is 16.3 Å². The van der Waals surface area contributed by atoms with E-state index in [0.29, 0.717) is 5.56 Å². The second kappa shape index (κ2) is 8.75. The number of sulfonamides is 1. The average Bonchev–Trinajstić information content (AvgIpc) is 2.68. The minimum Gasteiger partial charge on any atom is -0.370 e. The fraction of sp³-hybridized carbons (Fsp3) is 0.381. The zero-order chi connectivity index (χ0) is 20.1. The van der Waals surface area contributed by atoms with E-state index in [1.54, 1.807) is 26.0 Å². The van der Waals surface area contributed by atoms with Crippen molar-refractivity contribution in [1.29, 1.82) is 0 Å². The van der Waals surface area contributed by atoms with Crippen LogP contribution in [0.2, 0.25) is 0 Å². The van der Waals surface area contributed by atoms with Crippen LogP contribution >= 0.6 is 0 Å². The largest absolute Gasteiger partial charge is 0.370 e. The molecule has 1 aliphatic rings. The van der Waals surface area contributed by atoms with Gasteiger partial charge in [-0.05, 0) is 63.4 Å².